The van der Waals surface area contributed by atoms with Crippen LogP contribution in [0.15, 0.2) is 22.7 Å². The molecule has 7 heteroatoms. The van der Waals surface area contributed by atoms with Crippen LogP contribution in [0.2, 0.25) is 0 Å². The van der Waals surface area contributed by atoms with Gasteiger partial charge >= 0.3 is 0 Å². The second kappa shape index (κ2) is 5.71. The van der Waals surface area contributed by atoms with E-state index in [-0.39, 0.29) is 23.5 Å². The predicted octanol–water partition coefficient (Wildman–Crippen LogP) is 1.24. The molecule has 21 heavy (non-hydrogen) atoms. The number of likely N-dealkylation sites (N-methyl/N-ethyl adjacent to an activating group) is 1. The number of hydrogen-bond donors (Lipinski definition) is 3. The summed E-state index contributed by atoms with van der Waals surface area (Å²) in [6, 6.07) is 4.57. The SMILES string of the molecule is CCNC1COCC1c1nc(-c2ccc(O)c(O)c2)no1. The summed E-state index contributed by atoms with van der Waals surface area (Å²) in [4.78, 5) is 4.38. The molecule has 2 aromatic rings. The summed E-state index contributed by atoms with van der Waals surface area (Å²) >= 11 is 0. The monoisotopic (exact) mass is 291 g/mol. The van der Waals surface area contributed by atoms with E-state index in [0.717, 1.165) is 6.54 Å². The molecule has 112 valence electrons. The lowest BCUT2D eigenvalue weighted by molar-refractivity contribution is 0.185. The average molecular weight is 291 g/mol. The van der Waals surface area contributed by atoms with E-state index in [1.807, 2.05) is 6.92 Å². The number of phenolic OH excluding ortho intramolecular Hbond substituents is 2. The summed E-state index contributed by atoms with van der Waals surface area (Å²) in [7, 11) is 0. The van der Waals surface area contributed by atoms with Crippen LogP contribution in [0, 0.1) is 0 Å². The zero-order valence-corrected chi connectivity index (χ0v) is 11.6. The van der Waals surface area contributed by atoms with Crippen LogP contribution in [0.1, 0.15) is 18.7 Å². The summed E-state index contributed by atoms with van der Waals surface area (Å²) < 4.78 is 10.8. The third-order valence-electron chi connectivity index (χ3n) is 3.54. The maximum Gasteiger partial charge on any atom is 0.234 e. The van der Waals surface area contributed by atoms with Gasteiger partial charge in [0, 0.05) is 11.6 Å². The zero-order valence-electron chi connectivity index (χ0n) is 11.6. The Morgan fingerprint density at radius 1 is 1.29 bits per heavy atom. The van der Waals surface area contributed by atoms with Crippen molar-refractivity contribution in [2.45, 2.75) is 18.9 Å². The molecule has 0 radical (unpaired) electrons. The first-order chi connectivity index (χ1) is 10.2. The number of aromatic nitrogens is 2. The summed E-state index contributed by atoms with van der Waals surface area (Å²) in [5, 5.41) is 26.1. The molecule has 1 aromatic carbocycles. The standard InChI is InChI=1S/C14H17N3O4/c1-2-15-10-7-20-6-9(10)14-16-13(17-21-14)8-3-4-11(18)12(19)5-8/h3-5,9-10,15,18-19H,2,6-7H2,1H3. The first-order valence-corrected chi connectivity index (χ1v) is 6.86. The molecular formula is C14H17N3O4. The molecule has 7 nitrogen and oxygen atoms in total. The number of benzene rings is 1. The Bertz CT molecular complexity index is 628. The molecular weight excluding hydrogens is 274 g/mol. The maximum absolute atomic E-state index is 9.53. The first kappa shape index (κ1) is 13.8. The van der Waals surface area contributed by atoms with E-state index in [1.54, 1.807) is 6.07 Å². The molecule has 1 aliphatic rings. The zero-order chi connectivity index (χ0) is 14.8. The molecule has 0 spiro atoms. The van der Waals surface area contributed by atoms with Gasteiger partial charge in [-0.25, -0.2) is 0 Å². The second-order valence-electron chi connectivity index (χ2n) is 4.97. The van der Waals surface area contributed by atoms with Gasteiger partial charge in [0.25, 0.3) is 0 Å². The smallest absolute Gasteiger partial charge is 0.234 e. The average Bonchev–Trinajstić information content (AvgIpc) is 3.10. The maximum atomic E-state index is 9.53. The van der Waals surface area contributed by atoms with Gasteiger partial charge < -0.3 is 24.8 Å². The van der Waals surface area contributed by atoms with Crippen LogP contribution in [0.5, 0.6) is 11.5 Å². The van der Waals surface area contributed by atoms with Crippen molar-refractivity contribution in [3.8, 4) is 22.9 Å². The topological polar surface area (TPSA) is 101 Å². The van der Waals surface area contributed by atoms with E-state index < -0.39 is 0 Å². The molecule has 1 fully saturated rings. The fourth-order valence-corrected chi connectivity index (χ4v) is 2.43. The van der Waals surface area contributed by atoms with Crippen LogP contribution in [0.3, 0.4) is 0 Å². The van der Waals surface area contributed by atoms with Crippen molar-refractivity contribution < 1.29 is 19.5 Å². The van der Waals surface area contributed by atoms with Crippen LogP contribution in [-0.4, -0.2) is 46.2 Å². The minimum Gasteiger partial charge on any atom is -0.504 e. The van der Waals surface area contributed by atoms with Crippen LogP contribution in [-0.2, 0) is 4.74 Å². The largest absolute Gasteiger partial charge is 0.504 e. The summed E-state index contributed by atoms with van der Waals surface area (Å²) in [6.45, 7) is 4.04. The number of phenols is 2. The van der Waals surface area contributed by atoms with Crippen molar-refractivity contribution in [3.63, 3.8) is 0 Å². The quantitative estimate of drug-likeness (QED) is 0.728. The second-order valence-corrected chi connectivity index (χ2v) is 4.97. The molecule has 0 bridgehead atoms. The molecule has 0 aliphatic carbocycles. The summed E-state index contributed by atoms with van der Waals surface area (Å²) in [6.07, 6.45) is 0. The number of nitrogens with zero attached hydrogens (tertiary/aromatic N) is 2. The van der Waals surface area contributed by atoms with Crippen molar-refractivity contribution in [2.24, 2.45) is 0 Å². The van der Waals surface area contributed by atoms with E-state index >= 15 is 0 Å². The van der Waals surface area contributed by atoms with Crippen molar-refractivity contribution in [2.75, 3.05) is 19.8 Å². The van der Waals surface area contributed by atoms with Crippen LogP contribution >= 0.6 is 0 Å². The summed E-state index contributed by atoms with van der Waals surface area (Å²) in [5.41, 5.74) is 0.583. The van der Waals surface area contributed by atoms with Crippen LogP contribution < -0.4 is 5.32 Å². The Morgan fingerprint density at radius 2 is 2.14 bits per heavy atom. The minimum atomic E-state index is -0.214. The first-order valence-electron chi connectivity index (χ1n) is 6.86. The molecule has 1 aliphatic heterocycles. The number of rotatable bonds is 4. The van der Waals surface area contributed by atoms with Crippen molar-refractivity contribution in [1.29, 1.82) is 0 Å². The molecule has 0 saturated carbocycles. The number of nitrogens with one attached hydrogen (secondary N) is 1. The highest BCUT2D eigenvalue weighted by Crippen LogP contribution is 2.31. The molecule has 2 unspecified atom stereocenters. The Kier molecular flexibility index (Phi) is 3.76. The van der Waals surface area contributed by atoms with Gasteiger partial charge in [-0.05, 0) is 24.7 Å². The molecule has 0 amide bonds. The molecule has 1 aromatic heterocycles. The van der Waals surface area contributed by atoms with Gasteiger partial charge in [-0.15, -0.1) is 0 Å². The number of ether oxygens (including phenoxy) is 1. The van der Waals surface area contributed by atoms with Crippen molar-refractivity contribution in [1.82, 2.24) is 15.5 Å². The Hall–Kier alpha value is -2.12. The van der Waals surface area contributed by atoms with Gasteiger partial charge in [0.2, 0.25) is 11.7 Å². The highest BCUT2D eigenvalue weighted by atomic mass is 16.5. The molecule has 2 heterocycles. The lowest BCUT2D eigenvalue weighted by Crippen LogP contribution is -2.34. The van der Waals surface area contributed by atoms with Gasteiger partial charge in [0.05, 0.1) is 19.1 Å². The minimum absolute atomic E-state index is 0.0249. The van der Waals surface area contributed by atoms with E-state index in [2.05, 4.69) is 15.5 Å². The van der Waals surface area contributed by atoms with Crippen molar-refractivity contribution in [3.05, 3.63) is 24.1 Å². The van der Waals surface area contributed by atoms with Crippen LogP contribution in [0.4, 0.5) is 0 Å². The number of hydrogen-bond acceptors (Lipinski definition) is 7. The van der Waals surface area contributed by atoms with Gasteiger partial charge in [0.15, 0.2) is 11.5 Å². The van der Waals surface area contributed by atoms with E-state index in [4.69, 9.17) is 9.26 Å². The van der Waals surface area contributed by atoms with Crippen molar-refractivity contribution >= 4 is 0 Å². The predicted molar refractivity (Wildman–Crippen MR) is 74.1 cm³/mol. The van der Waals surface area contributed by atoms with E-state index in [1.165, 1.54) is 12.1 Å². The van der Waals surface area contributed by atoms with Gasteiger partial charge in [-0.2, -0.15) is 4.98 Å². The van der Waals surface area contributed by atoms with E-state index in [9.17, 15) is 10.2 Å². The van der Waals surface area contributed by atoms with E-state index in [0.29, 0.717) is 30.5 Å². The fraction of sp³-hybridized carbons (Fsp3) is 0.429. The lowest BCUT2D eigenvalue weighted by Gasteiger charge is -2.13. The highest BCUT2D eigenvalue weighted by Gasteiger charge is 2.33. The third-order valence-corrected chi connectivity index (χ3v) is 3.54. The Labute approximate surface area is 121 Å². The highest BCUT2D eigenvalue weighted by molar-refractivity contribution is 5.59. The Morgan fingerprint density at radius 3 is 2.90 bits per heavy atom. The Balaban J connectivity index is 1.84. The third kappa shape index (κ3) is 2.70. The fourth-order valence-electron chi connectivity index (χ4n) is 2.43. The molecule has 2 atom stereocenters. The molecule has 1 saturated heterocycles. The molecule has 3 N–H and O–H groups in total. The number of aromatic hydroxyl groups is 2. The van der Waals surface area contributed by atoms with Crippen LogP contribution in [0.25, 0.3) is 11.4 Å². The van der Waals surface area contributed by atoms with Gasteiger partial charge in [0.1, 0.15) is 0 Å². The van der Waals surface area contributed by atoms with Gasteiger partial charge in [-0.1, -0.05) is 12.1 Å². The summed E-state index contributed by atoms with van der Waals surface area (Å²) in [5.74, 6) is 0.521. The molecule has 3 rings (SSSR count). The van der Waals surface area contributed by atoms with Gasteiger partial charge in [-0.3, -0.25) is 0 Å². The normalized spacial score (nSPS) is 21.8. The lowest BCUT2D eigenvalue weighted by atomic mass is 10.0.